The zero-order valence-corrected chi connectivity index (χ0v) is 9.81. The van der Waals surface area contributed by atoms with Crippen LogP contribution in [0, 0.1) is 6.92 Å². The number of aryl methyl sites for hydroxylation is 1. The molecule has 0 aliphatic heterocycles. The van der Waals surface area contributed by atoms with E-state index in [9.17, 15) is 4.79 Å². The molecule has 0 saturated carbocycles. The highest BCUT2D eigenvalue weighted by Crippen LogP contribution is 2.24. The topological polar surface area (TPSA) is 63.3 Å². The summed E-state index contributed by atoms with van der Waals surface area (Å²) in [5.74, 6) is -0.697. The average Bonchev–Trinajstić information content (AvgIpc) is 2.25. The highest BCUT2D eigenvalue weighted by Gasteiger charge is 2.18. The van der Waals surface area contributed by atoms with Gasteiger partial charge in [-0.05, 0) is 31.2 Å². The molecule has 3 heteroatoms. The minimum absolute atomic E-state index is 0.228. The lowest BCUT2D eigenvalue weighted by Gasteiger charge is -2.18. The van der Waals surface area contributed by atoms with Gasteiger partial charge in [-0.1, -0.05) is 36.8 Å². The van der Waals surface area contributed by atoms with Gasteiger partial charge < -0.3 is 10.8 Å². The summed E-state index contributed by atoms with van der Waals surface area (Å²) in [6, 6.07) is 7.40. The molecule has 0 fully saturated rings. The third-order valence-electron chi connectivity index (χ3n) is 2.86. The second kappa shape index (κ2) is 5.66. The lowest BCUT2D eigenvalue weighted by Crippen LogP contribution is -2.31. The van der Waals surface area contributed by atoms with Crippen molar-refractivity contribution >= 4 is 5.97 Å². The maximum atomic E-state index is 10.7. The quantitative estimate of drug-likeness (QED) is 0.801. The Hall–Kier alpha value is -1.35. The summed E-state index contributed by atoms with van der Waals surface area (Å²) in [6.45, 7) is 4.09. The van der Waals surface area contributed by atoms with Crippen molar-refractivity contribution in [1.29, 1.82) is 0 Å². The number of aliphatic carboxylic acids is 1. The SMILES string of the molecule is CCC(CC(N)C(=O)O)c1cccc(C)c1. The van der Waals surface area contributed by atoms with E-state index in [-0.39, 0.29) is 5.92 Å². The molecular formula is C13H19NO2. The molecule has 0 amide bonds. The minimum Gasteiger partial charge on any atom is -0.480 e. The molecule has 1 aromatic rings. The number of benzene rings is 1. The van der Waals surface area contributed by atoms with E-state index in [0.29, 0.717) is 6.42 Å². The van der Waals surface area contributed by atoms with Crippen molar-refractivity contribution in [2.24, 2.45) is 5.73 Å². The van der Waals surface area contributed by atoms with Crippen LogP contribution < -0.4 is 5.73 Å². The van der Waals surface area contributed by atoms with Gasteiger partial charge in [0.05, 0.1) is 0 Å². The Morgan fingerprint density at radius 3 is 2.69 bits per heavy atom. The predicted octanol–water partition coefficient (Wildman–Crippen LogP) is 2.29. The number of carbonyl (C=O) groups is 1. The van der Waals surface area contributed by atoms with Gasteiger partial charge in [0, 0.05) is 0 Å². The van der Waals surface area contributed by atoms with Crippen LogP contribution in [0.25, 0.3) is 0 Å². The summed E-state index contributed by atoms with van der Waals surface area (Å²) < 4.78 is 0. The molecule has 0 saturated heterocycles. The summed E-state index contributed by atoms with van der Waals surface area (Å²) in [6.07, 6.45) is 1.40. The average molecular weight is 221 g/mol. The number of hydrogen-bond acceptors (Lipinski definition) is 2. The molecule has 0 spiro atoms. The molecule has 1 rings (SSSR count). The Morgan fingerprint density at radius 2 is 2.19 bits per heavy atom. The lowest BCUT2D eigenvalue weighted by atomic mass is 9.89. The van der Waals surface area contributed by atoms with E-state index in [4.69, 9.17) is 10.8 Å². The Kier molecular flexibility index (Phi) is 4.50. The molecule has 0 aliphatic carbocycles. The molecule has 0 aromatic heterocycles. The minimum atomic E-state index is -0.925. The van der Waals surface area contributed by atoms with Crippen molar-refractivity contribution < 1.29 is 9.90 Å². The smallest absolute Gasteiger partial charge is 0.320 e. The standard InChI is InChI=1S/C13H19NO2/c1-3-10(8-12(14)13(15)16)11-6-4-5-9(2)7-11/h4-7,10,12H,3,8,14H2,1-2H3,(H,15,16). The van der Waals surface area contributed by atoms with Crippen LogP contribution in [0.2, 0.25) is 0 Å². The summed E-state index contributed by atoms with van der Waals surface area (Å²) in [5.41, 5.74) is 7.94. The van der Waals surface area contributed by atoms with Crippen LogP contribution in [0.3, 0.4) is 0 Å². The van der Waals surface area contributed by atoms with Gasteiger partial charge in [-0.2, -0.15) is 0 Å². The first-order chi connectivity index (χ1) is 7.54. The van der Waals surface area contributed by atoms with Crippen LogP contribution in [0.15, 0.2) is 24.3 Å². The first-order valence-electron chi connectivity index (χ1n) is 5.59. The van der Waals surface area contributed by atoms with E-state index in [1.54, 1.807) is 0 Å². The van der Waals surface area contributed by atoms with E-state index in [2.05, 4.69) is 13.0 Å². The summed E-state index contributed by atoms with van der Waals surface area (Å²) in [7, 11) is 0. The molecule has 3 N–H and O–H groups in total. The summed E-state index contributed by atoms with van der Waals surface area (Å²) in [4.78, 5) is 10.7. The number of carboxylic acids is 1. The maximum Gasteiger partial charge on any atom is 0.320 e. The van der Waals surface area contributed by atoms with Crippen molar-refractivity contribution in [1.82, 2.24) is 0 Å². The van der Waals surface area contributed by atoms with Gasteiger partial charge in [0.25, 0.3) is 0 Å². The molecule has 0 radical (unpaired) electrons. The van der Waals surface area contributed by atoms with Crippen molar-refractivity contribution in [3.63, 3.8) is 0 Å². The fourth-order valence-corrected chi connectivity index (χ4v) is 1.87. The Labute approximate surface area is 96.3 Å². The van der Waals surface area contributed by atoms with E-state index in [1.807, 2.05) is 25.1 Å². The molecule has 2 atom stereocenters. The molecule has 1 aromatic carbocycles. The third kappa shape index (κ3) is 3.35. The second-order valence-corrected chi connectivity index (χ2v) is 4.20. The first kappa shape index (κ1) is 12.7. The molecule has 2 unspecified atom stereocenters. The van der Waals surface area contributed by atoms with Crippen LogP contribution in [0.1, 0.15) is 36.8 Å². The number of hydrogen-bond donors (Lipinski definition) is 2. The van der Waals surface area contributed by atoms with Gasteiger partial charge in [-0.15, -0.1) is 0 Å². The van der Waals surface area contributed by atoms with E-state index >= 15 is 0 Å². The van der Waals surface area contributed by atoms with Gasteiger partial charge in [-0.25, -0.2) is 0 Å². The molecule has 3 nitrogen and oxygen atoms in total. The number of carboxylic acid groups (broad SMARTS) is 1. The van der Waals surface area contributed by atoms with Gasteiger partial charge in [-0.3, -0.25) is 4.79 Å². The van der Waals surface area contributed by atoms with E-state index in [0.717, 1.165) is 6.42 Å². The van der Waals surface area contributed by atoms with Gasteiger partial charge >= 0.3 is 5.97 Å². The largest absolute Gasteiger partial charge is 0.480 e. The van der Waals surface area contributed by atoms with E-state index < -0.39 is 12.0 Å². The maximum absolute atomic E-state index is 10.7. The Morgan fingerprint density at radius 1 is 1.50 bits per heavy atom. The summed E-state index contributed by atoms with van der Waals surface area (Å²) in [5, 5.41) is 8.80. The molecule has 88 valence electrons. The van der Waals surface area contributed by atoms with Crippen LogP contribution in [0.5, 0.6) is 0 Å². The third-order valence-corrected chi connectivity index (χ3v) is 2.86. The number of rotatable bonds is 5. The Bertz CT molecular complexity index is 363. The normalized spacial score (nSPS) is 14.4. The summed E-state index contributed by atoms with van der Waals surface area (Å²) >= 11 is 0. The van der Waals surface area contributed by atoms with Gasteiger partial charge in [0.15, 0.2) is 0 Å². The van der Waals surface area contributed by atoms with Crippen molar-refractivity contribution in [2.45, 2.75) is 38.6 Å². The predicted molar refractivity (Wildman–Crippen MR) is 64.4 cm³/mol. The molecule has 0 aliphatic rings. The molecular weight excluding hydrogens is 202 g/mol. The van der Waals surface area contributed by atoms with Gasteiger partial charge in [0.2, 0.25) is 0 Å². The van der Waals surface area contributed by atoms with Crippen LogP contribution in [-0.4, -0.2) is 17.1 Å². The van der Waals surface area contributed by atoms with Crippen LogP contribution in [-0.2, 0) is 4.79 Å². The van der Waals surface area contributed by atoms with Crippen molar-refractivity contribution in [3.05, 3.63) is 35.4 Å². The fraction of sp³-hybridized carbons (Fsp3) is 0.462. The van der Waals surface area contributed by atoms with Crippen molar-refractivity contribution in [3.8, 4) is 0 Å². The second-order valence-electron chi connectivity index (χ2n) is 4.20. The molecule has 16 heavy (non-hydrogen) atoms. The fourth-order valence-electron chi connectivity index (χ4n) is 1.87. The highest BCUT2D eigenvalue weighted by molar-refractivity contribution is 5.73. The zero-order valence-electron chi connectivity index (χ0n) is 9.81. The zero-order chi connectivity index (χ0) is 12.1. The highest BCUT2D eigenvalue weighted by atomic mass is 16.4. The molecule has 0 heterocycles. The van der Waals surface area contributed by atoms with Crippen LogP contribution >= 0.6 is 0 Å². The van der Waals surface area contributed by atoms with Crippen LogP contribution in [0.4, 0.5) is 0 Å². The monoisotopic (exact) mass is 221 g/mol. The lowest BCUT2D eigenvalue weighted by molar-refractivity contribution is -0.138. The molecule has 0 bridgehead atoms. The van der Waals surface area contributed by atoms with Gasteiger partial charge in [0.1, 0.15) is 6.04 Å². The first-order valence-corrected chi connectivity index (χ1v) is 5.59. The van der Waals surface area contributed by atoms with Crippen molar-refractivity contribution in [2.75, 3.05) is 0 Å². The van der Waals surface area contributed by atoms with E-state index in [1.165, 1.54) is 11.1 Å². The number of nitrogens with two attached hydrogens (primary N) is 1. The Balaban J connectivity index is 2.78.